The summed E-state index contributed by atoms with van der Waals surface area (Å²) in [5.74, 6) is -0.348. The number of nitrogens with one attached hydrogen (secondary N) is 1. The standard InChI is InChI=1S/C18H25N3O4/c22-11-13-5-6-19-16(7-13)18(25)20-9-15-4-3-14(8-17(23)24)21(15)10-12-1-2-12/h5-7,12,14-15,22H,1-4,8-11H2,(H,20,25)(H,23,24)/t14-,15+/m1/s1. The van der Waals surface area contributed by atoms with Crippen LogP contribution in [-0.2, 0) is 11.4 Å². The smallest absolute Gasteiger partial charge is 0.304 e. The molecular formula is C18H25N3O4. The third-order valence-electron chi connectivity index (χ3n) is 5.09. The van der Waals surface area contributed by atoms with Gasteiger partial charge in [0.05, 0.1) is 13.0 Å². The van der Waals surface area contributed by atoms with Crippen LogP contribution in [0, 0.1) is 5.92 Å². The second kappa shape index (κ2) is 7.93. The molecule has 1 saturated carbocycles. The third kappa shape index (κ3) is 4.76. The van der Waals surface area contributed by atoms with Crippen molar-refractivity contribution in [3.05, 3.63) is 29.6 Å². The molecule has 2 atom stereocenters. The lowest BCUT2D eigenvalue weighted by molar-refractivity contribution is -0.138. The minimum Gasteiger partial charge on any atom is -0.481 e. The number of carboxylic acids is 1. The van der Waals surface area contributed by atoms with Crippen molar-refractivity contribution in [3.8, 4) is 0 Å². The largest absolute Gasteiger partial charge is 0.481 e. The number of likely N-dealkylation sites (tertiary alicyclic amines) is 1. The Morgan fingerprint density at radius 3 is 2.68 bits per heavy atom. The van der Waals surface area contributed by atoms with E-state index in [0.29, 0.717) is 23.7 Å². The monoisotopic (exact) mass is 347 g/mol. The van der Waals surface area contributed by atoms with Crippen LogP contribution in [0.15, 0.2) is 18.3 Å². The first kappa shape index (κ1) is 17.8. The van der Waals surface area contributed by atoms with Gasteiger partial charge in [0.25, 0.3) is 5.91 Å². The van der Waals surface area contributed by atoms with Crippen molar-refractivity contribution in [2.75, 3.05) is 13.1 Å². The molecule has 1 aliphatic heterocycles. The molecule has 1 saturated heterocycles. The van der Waals surface area contributed by atoms with E-state index in [9.17, 15) is 9.59 Å². The molecule has 136 valence electrons. The van der Waals surface area contributed by atoms with Crippen LogP contribution < -0.4 is 5.32 Å². The van der Waals surface area contributed by atoms with E-state index < -0.39 is 5.97 Å². The van der Waals surface area contributed by atoms with Gasteiger partial charge in [-0.2, -0.15) is 0 Å². The molecule has 3 rings (SSSR count). The fourth-order valence-corrected chi connectivity index (χ4v) is 3.55. The Labute approximate surface area is 147 Å². The summed E-state index contributed by atoms with van der Waals surface area (Å²) in [5.41, 5.74) is 0.943. The summed E-state index contributed by atoms with van der Waals surface area (Å²) in [5, 5.41) is 21.2. The van der Waals surface area contributed by atoms with E-state index in [1.807, 2.05) is 0 Å². The Bertz CT molecular complexity index is 633. The fraction of sp³-hybridized carbons (Fsp3) is 0.611. The lowest BCUT2D eigenvalue weighted by Gasteiger charge is -2.29. The Balaban J connectivity index is 1.58. The molecule has 2 fully saturated rings. The van der Waals surface area contributed by atoms with Gasteiger partial charge in [-0.15, -0.1) is 0 Å². The van der Waals surface area contributed by atoms with Crippen LogP contribution in [0.1, 0.15) is 48.2 Å². The number of aromatic nitrogens is 1. The lowest BCUT2D eigenvalue weighted by atomic mass is 10.1. The molecule has 1 aliphatic carbocycles. The van der Waals surface area contributed by atoms with Gasteiger partial charge in [-0.3, -0.25) is 19.5 Å². The molecule has 7 nitrogen and oxygen atoms in total. The van der Waals surface area contributed by atoms with Crippen molar-refractivity contribution >= 4 is 11.9 Å². The number of carbonyl (C=O) groups is 2. The molecule has 2 aliphatic rings. The average molecular weight is 347 g/mol. The number of aliphatic hydroxyl groups is 1. The number of hydrogen-bond donors (Lipinski definition) is 3. The number of hydrogen-bond acceptors (Lipinski definition) is 5. The Morgan fingerprint density at radius 1 is 1.24 bits per heavy atom. The van der Waals surface area contributed by atoms with Gasteiger partial charge in [-0.05, 0) is 49.3 Å². The van der Waals surface area contributed by atoms with Crippen LogP contribution in [0.25, 0.3) is 0 Å². The minimum atomic E-state index is -0.763. The molecule has 2 heterocycles. The number of aliphatic carboxylic acids is 1. The van der Waals surface area contributed by atoms with Gasteiger partial charge in [-0.25, -0.2) is 0 Å². The predicted octanol–water partition coefficient (Wildman–Crippen LogP) is 1.02. The van der Waals surface area contributed by atoms with E-state index in [4.69, 9.17) is 10.2 Å². The van der Waals surface area contributed by atoms with Crippen LogP contribution in [0.2, 0.25) is 0 Å². The van der Waals surface area contributed by atoms with Gasteiger partial charge in [0.2, 0.25) is 0 Å². The summed E-state index contributed by atoms with van der Waals surface area (Å²) in [7, 11) is 0. The fourth-order valence-electron chi connectivity index (χ4n) is 3.55. The topological polar surface area (TPSA) is 103 Å². The van der Waals surface area contributed by atoms with Crippen LogP contribution in [0.4, 0.5) is 0 Å². The molecule has 0 unspecified atom stereocenters. The van der Waals surface area contributed by atoms with Crippen molar-refractivity contribution in [1.82, 2.24) is 15.2 Å². The summed E-state index contributed by atoms with van der Waals surface area (Å²) in [6.45, 7) is 1.29. The first-order valence-corrected chi connectivity index (χ1v) is 8.88. The normalized spacial score (nSPS) is 23.6. The SMILES string of the molecule is O=C(O)C[C@H]1CC[C@@H](CNC(=O)c2cc(CO)ccn2)N1CC1CC1. The third-order valence-corrected chi connectivity index (χ3v) is 5.09. The molecule has 1 aromatic rings. The Hall–Kier alpha value is -1.99. The molecule has 0 aromatic carbocycles. The highest BCUT2D eigenvalue weighted by Crippen LogP contribution is 2.35. The van der Waals surface area contributed by atoms with E-state index in [1.54, 1.807) is 12.1 Å². The maximum atomic E-state index is 12.3. The highest BCUT2D eigenvalue weighted by molar-refractivity contribution is 5.92. The van der Waals surface area contributed by atoms with Crippen LogP contribution >= 0.6 is 0 Å². The molecule has 0 spiro atoms. The zero-order valence-corrected chi connectivity index (χ0v) is 14.2. The van der Waals surface area contributed by atoms with Gasteiger partial charge in [0.1, 0.15) is 5.69 Å². The van der Waals surface area contributed by atoms with Crippen molar-refractivity contribution in [2.24, 2.45) is 5.92 Å². The maximum absolute atomic E-state index is 12.3. The van der Waals surface area contributed by atoms with Gasteiger partial charge in [0.15, 0.2) is 0 Å². The minimum absolute atomic E-state index is 0.0656. The molecule has 25 heavy (non-hydrogen) atoms. The van der Waals surface area contributed by atoms with E-state index in [0.717, 1.165) is 19.4 Å². The van der Waals surface area contributed by atoms with Crippen molar-refractivity contribution in [2.45, 2.75) is 50.8 Å². The quantitative estimate of drug-likeness (QED) is 0.649. The number of nitrogens with zero attached hydrogens (tertiary/aromatic N) is 2. The zero-order valence-electron chi connectivity index (χ0n) is 14.2. The first-order valence-electron chi connectivity index (χ1n) is 8.88. The number of rotatable bonds is 8. The van der Waals surface area contributed by atoms with Crippen LogP contribution in [0.3, 0.4) is 0 Å². The van der Waals surface area contributed by atoms with E-state index in [-0.39, 0.29) is 31.0 Å². The molecular weight excluding hydrogens is 322 g/mol. The van der Waals surface area contributed by atoms with Gasteiger partial charge in [0, 0.05) is 31.4 Å². The molecule has 3 N–H and O–H groups in total. The van der Waals surface area contributed by atoms with Crippen molar-refractivity contribution in [1.29, 1.82) is 0 Å². The molecule has 0 radical (unpaired) electrons. The summed E-state index contributed by atoms with van der Waals surface area (Å²) >= 11 is 0. The zero-order chi connectivity index (χ0) is 17.8. The molecule has 7 heteroatoms. The number of aliphatic hydroxyl groups excluding tert-OH is 1. The summed E-state index contributed by atoms with van der Waals surface area (Å²) in [4.78, 5) is 29.7. The van der Waals surface area contributed by atoms with Crippen molar-refractivity contribution in [3.63, 3.8) is 0 Å². The molecule has 1 aromatic heterocycles. The van der Waals surface area contributed by atoms with Crippen molar-refractivity contribution < 1.29 is 19.8 Å². The van der Waals surface area contributed by atoms with E-state index in [1.165, 1.54) is 19.0 Å². The van der Waals surface area contributed by atoms with Gasteiger partial charge >= 0.3 is 5.97 Å². The first-order chi connectivity index (χ1) is 12.1. The molecule has 0 bridgehead atoms. The Kier molecular flexibility index (Phi) is 5.65. The lowest BCUT2D eigenvalue weighted by Crippen LogP contribution is -2.44. The second-order valence-corrected chi connectivity index (χ2v) is 7.04. The average Bonchev–Trinajstić information content (AvgIpc) is 3.35. The summed E-state index contributed by atoms with van der Waals surface area (Å²) in [6, 6.07) is 3.49. The number of carbonyl (C=O) groups excluding carboxylic acids is 1. The number of pyridine rings is 1. The van der Waals surface area contributed by atoms with Crippen LogP contribution in [0.5, 0.6) is 0 Å². The highest BCUT2D eigenvalue weighted by atomic mass is 16.4. The Morgan fingerprint density at radius 2 is 2.00 bits per heavy atom. The number of carboxylic acid groups (broad SMARTS) is 1. The molecule has 1 amide bonds. The summed E-state index contributed by atoms with van der Waals surface area (Å²) < 4.78 is 0. The maximum Gasteiger partial charge on any atom is 0.304 e. The van der Waals surface area contributed by atoms with E-state index in [2.05, 4.69) is 15.2 Å². The predicted molar refractivity (Wildman–Crippen MR) is 91.0 cm³/mol. The highest BCUT2D eigenvalue weighted by Gasteiger charge is 2.38. The van der Waals surface area contributed by atoms with E-state index >= 15 is 0 Å². The van der Waals surface area contributed by atoms with Gasteiger partial charge in [-0.1, -0.05) is 0 Å². The summed E-state index contributed by atoms with van der Waals surface area (Å²) in [6.07, 6.45) is 5.86. The van der Waals surface area contributed by atoms with Crippen LogP contribution in [-0.4, -0.2) is 57.1 Å². The second-order valence-electron chi connectivity index (χ2n) is 7.04. The number of amides is 1. The van der Waals surface area contributed by atoms with Gasteiger partial charge < -0.3 is 15.5 Å².